The molecule has 0 bridgehead atoms. The van der Waals surface area contributed by atoms with Crippen molar-refractivity contribution in [3.63, 3.8) is 0 Å². The minimum atomic E-state index is -0.232. The van der Waals surface area contributed by atoms with Gasteiger partial charge in [0.05, 0.1) is 6.33 Å². The zero-order valence-corrected chi connectivity index (χ0v) is 10.7. The lowest BCUT2D eigenvalue weighted by Crippen LogP contribution is -2.15. The molecule has 0 atom stereocenters. The molecule has 3 rings (SSSR count). The highest BCUT2D eigenvalue weighted by atomic mass is 32.2. The lowest BCUT2D eigenvalue weighted by Gasteiger charge is -2.01. The van der Waals surface area contributed by atoms with Gasteiger partial charge in [-0.25, -0.2) is 14.4 Å². The van der Waals surface area contributed by atoms with E-state index in [0.29, 0.717) is 17.3 Å². The maximum Gasteiger partial charge on any atom is 0.390 e. The molecule has 0 spiro atoms. The molecule has 2 heterocycles. The number of rotatable bonds is 3. The van der Waals surface area contributed by atoms with E-state index >= 15 is 0 Å². The van der Waals surface area contributed by atoms with Gasteiger partial charge in [0.15, 0.2) is 5.03 Å². The molecule has 0 aliphatic rings. The third kappa shape index (κ3) is 2.50. The van der Waals surface area contributed by atoms with Gasteiger partial charge in [0, 0.05) is 5.75 Å². The van der Waals surface area contributed by atoms with Gasteiger partial charge in [-0.1, -0.05) is 23.9 Å². The van der Waals surface area contributed by atoms with Crippen molar-refractivity contribution >= 4 is 28.9 Å². The molecule has 0 aliphatic carbocycles. The number of nitrogens with two attached hydrogens (primary N) is 1. The second-order valence-corrected chi connectivity index (χ2v) is 4.95. The zero-order chi connectivity index (χ0) is 13.2. The highest BCUT2D eigenvalue weighted by molar-refractivity contribution is 7.98. The van der Waals surface area contributed by atoms with Gasteiger partial charge < -0.3 is 4.98 Å². The first kappa shape index (κ1) is 11.9. The Hall–Kier alpha value is -2.15. The molecule has 0 fully saturated rings. The minimum Gasteiger partial charge on any atom is -0.339 e. The van der Waals surface area contributed by atoms with Crippen molar-refractivity contribution in [2.75, 3.05) is 5.73 Å². The number of aromatic amines is 2. The Morgan fingerprint density at radius 2 is 2.11 bits per heavy atom. The molecular formula is C12H11FN5S+. The maximum atomic E-state index is 12.8. The number of halogens is 1. The summed E-state index contributed by atoms with van der Waals surface area (Å²) in [6.07, 6.45) is 1.58. The summed E-state index contributed by atoms with van der Waals surface area (Å²) in [6.45, 7) is 0. The molecule has 96 valence electrons. The predicted molar refractivity (Wildman–Crippen MR) is 70.8 cm³/mol. The van der Waals surface area contributed by atoms with Gasteiger partial charge in [-0.3, -0.25) is 5.73 Å². The number of aromatic nitrogens is 4. The van der Waals surface area contributed by atoms with E-state index in [1.165, 1.54) is 12.1 Å². The molecule has 2 aromatic heterocycles. The van der Waals surface area contributed by atoms with Crippen molar-refractivity contribution in [3.05, 3.63) is 42.0 Å². The average molecular weight is 276 g/mol. The number of nitrogen functional groups attached to an aromatic ring is 1. The second-order valence-electron chi connectivity index (χ2n) is 3.97. The van der Waals surface area contributed by atoms with Gasteiger partial charge in [-0.2, -0.15) is 0 Å². The van der Waals surface area contributed by atoms with Crippen LogP contribution in [0.2, 0.25) is 0 Å². The van der Waals surface area contributed by atoms with Crippen molar-refractivity contribution in [1.82, 2.24) is 15.0 Å². The van der Waals surface area contributed by atoms with Crippen molar-refractivity contribution in [1.29, 1.82) is 0 Å². The van der Waals surface area contributed by atoms with Gasteiger partial charge in [-0.05, 0) is 22.7 Å². The first-order valence-corrected chi connectivity index (χ1v) is 6.60. The topological polar surface area (TPSA) is 81.7 Å². The van der Waals surface area contributed by atoms with Crippen LogP contribution in [0.5, 0.6) is 0 Å². The Balaban J connectivity index is 1.85. The van der Waals surface area contributed by atoms with Crippen LogP contribution in [-0.2, 0) is 5.75 Å². The molecule has 5 nitrogen and oxygen atoms in total. The Labute approximate surface area is 112 Å². The van der Waals surface area contributed by atoms with Crippen LogP contribution >= 0.6 is 11.8 Å². The summed E-state index contributed by atoms with van der Waals surface area (Å²) in [5.74, 6) is 0.791. The Kier molecular flexibility index (Phi) is 3.04. The molecule has 0 saturated heterocycles. The average Bonchev–Trinajstić information content (AvgIpc) is 2.85. The van der Waals surface area contributed by atoms with Crippen LogP contribution in [0.25, 0.3) is 11.2 Å². The van der Waals surface area contributed by atoms with Gasteiger partial charge in [0.25, 0.3) is 5.65 Å². The second kappa shape index (κ2) is 4.85. The van der Waals surface area contributed by atoms with E-state index in [1.807, 2.05) is 0 Å². The summed E-state index contributed by atoms with van der Waals surface area (Å²) in [7, 11) is 0. The SMILES string of the molecule is Nc1nc2nc[nH]c2c(SCc2ccc(F)cc2)[nH+]1. The van der Waals surface area contributed by atoms with Gasteiger partial charge in [0.2, 0.25) is 0 Å². The number of H-pyrrole nitrogens is 2. The monoisotopic (exact) mass is 276 g/mol. The number of nitrogens with one attached hydrogen (secondary N) is 2. The minimum absolute atomic E-state index is 0.232. The summed E-state index contributed by atoms with van der Waals surface area (Å²) in [5, 5.41) is 0.865. The smallest absolute Gasteiger partial charge is 0.339 e. The normalized spacial score (nSPS) is 11.0. The lowest BCUT2D eigenvalue weighted by atomic mass is 10.2. The molecule has 0 radical (unpaired) electrons. The Morgan fingerprint density at radius 3 is 2.89 bits per heavy atom. The lowest BCUT2D eigenvalue weighted by molar-refractivity contribution is -0.410. The maximum absolute atomic E-state index is 12.8. The standard InChI is InChI=1S/C12H10FN5S/c13-8-3-1-7(2-4-8)5-19-11-9-10(16-6-15-9)17-12(14)18-11/h1-4,6H,5H2,(H3,14,15,16,17,18)/p+1. The largest absolute Gasteiger partial charge is 0.390 e. The van der Waals surface area contributed by atoms with Crippen LogP contribution in [0.15, 0.2) is 35.6 Å². The molecule has 4 N–H and O–H groups in total. The fourth-order valence-electron chi connectivity index (χ4n) is 1.70. The number of benzene rings is 1. The summed E-state index contributed by atoms with van der Waals surface area (Å²) >= 11 is 1.56. The number of imidazole rings is 1. The van der Waals surface area contributed by atoms with Crippen LogP contribution < -0.4 is 10.7 Å². The Morgan fingerprint density at radius 1 is 1.32 bits per heavy atom. The quantitative estimate of drug-likeness (QED) is 0.564. The zero-order valence-electron chi connectivity index (χ0n) is 9.85. The summed E-state index contributed by atoms with van der Waals surface area (Å²) < 4.78 is 12.8. The first-order chi connectivity index (χ1) is 9.22. The van der Waals surface area contributed by atoms with E-state index < -0.39 is 0 Å². The van der Waals surface area contributed by atoms with E-state index in [9.17, 15) is 4.39 Å². The fraction of sp³-hybridized carbons (Fsp3) is 0.0833. The van der Waals surface area contributed by atoms with Crippen LogP contribution in [-0.4, -0.2) is 15.0 Å². The van der Waals surface area contributed by atoms with Gasteiger partial charge in [-0.15, -0.1) is 0 Å². The molecule has 0 amide bonds. The molecule has 3 aromatic rings. The van der Waals surface area contributed by atoms with Gasteiger partial charge >= 0.3 is 5.95 Å². The first-order valence-electron chi connectivity index (χ1n) is 5.61. The number of fused-ring (bicyclic) bond motifs is 1. The molecule has 19 heavy (non-hydrogen) atoms. The number of anilines is 1. The third-order valence-corrected chi connectivity index (χ3v) is 3.68. The summed E-state index contributed by atoms with van der Waals surface area (Å²) in [4.78, 5) is 14.2. The molecule has 0 saturated carbocycles. The van der Waals surface area contributed by atoms with Crippen molar-refractivity contribution < 1.29 is 9.37 Å². The number of nitrogens with zero attached hydrogens (tertiary/aromatic N) is 2. The third-order valence-electron chi connectivity index (χ3n) is 2.61. The molecule has 0 unspecified atom stereocenters. The van der Waals surface area contributed by atoms with Crippen LogP contribution in [0.1, 0.15) is 5.56 Å². The van der Waals surface area contributed by atoms with Crippen molar-refractivity contribution in [2.45, 2.75) is 10.8 Å². The highest BCUT2D eigenvalue weighted by Crippen LogP contribution is 2.24. The van der Waals surface area contributed by atoms with E-state index in [0.717, 1.165) is 16.1 Å². The van der Waals surface area contributed by atoms with Crippen molar-refractivity contribution in [2.24, 2.45) is 0 Å². The van der Waals surface area contributed by atoms with Gasteiger partial charge in [0.1, 0.15) is 11.3 Å². The predicted octanol–water partition coefficient (Wildman–Crippen LogP) is 1.79. The number of hydrogen-bond acceptors (Lipinski definition) is 4. The van der Waals surface area contributed by atoms with Crippen LogP contribution in [0, 0.1) is 5.82 Å². The van der Waals surface area contributed by atoms with E-state index in [2.05, 4.69) is 19.9 Å². The van der Waals surface area contributed by atoms with E-state index in [-0.39, 0.29) is 5.82 Å². The number of thioether (sulfide) groups is 1. The summed E-state index contributed by atoms with van der Waals surface area (Å²) in [5.41, 5.74) is 8.12. The van der Waals surface area contributed by atoms with E-state index in [1.54, 1.807) is 30.2 Å². The fourth-order valence-corrected chi connectivity index (χ4v) is 2.68. The summed E-state index contributed by atoms with van der Waals surface area (Å²) in [6, 6.07) is 6.42. The van der Waals surface area contributed by atoms with Crippen LogP contribution in [0.4, 0.5) is 10.3 Å². The highest BCUT2D eigenvalue weighted by Gasteiger charge is 2.13. The Bertz CT molecular complexity index is 710. The van der Waals surface area contributed by atoms with Crippen LogP contribution in [0.3, 0.4) is 0 Å². The number of hydrogen-bond donors (Lipinski definition) is 2. The molecule has 1 aromatic carbocycles. The van der Waals surface area contributed by atoms with Crippen molar-refractivity contribution in [3.8, 4) is 0 Å². The molecule has 7 heteroatoms. The molecular weight excluding hydrogens is 265 g/mol. The van der Waals surface area contributed by atoms with E-state index in [4.69, 9.17) is 5.73 Å². The molecule has 0 aliphatic heterocycles.